The number of rotatable bonds is 7. The molecular weight excluding hydrogens is 274 g/mol. The summed E-state index contributed by atoms with van der Waals surface area (Å²) in [5, 5.41) is 1.96. The number of benzene rings is 1. The Kier molecular flexibility index (Phi) is 6.68. The maximum Gasteiger partial charge on any atom is 0.119 e. The molecule has 0 aromatic heterocycles. The lowest BCUT2D eigenvalue weighted by molar-refractivity contribution is 0.120. The molecule has 1 N–H and O–H groups in total. The molecule has 0 radical (unpaired) electrons. The van der Waals surface area contributed by atoms with Gasteiger partial charge in [0, 0.05) is 40.3 Å². The van der Waals surface area contributed by atoms with Crippen LogP contribution in [0.1, 0.15) is 25.8 Å². The second kappa shape index (κ2) is 8.51. The molecule has 1 aromatic rings. The Labute approximate surface area is 135 Å². The largest absolute Gasteiger partial charge is 0.492 e. The Bertz CT molecular complexity index is 422. The zero-order valence-corrected chi connectivity index (χ0v) is 14.5. The molecule has 1 aliphatic heterocycles. The van der Waals surface area contributed by atoms with Crippen LogP contribution in [-0.4, -0.2) is 50.2 Å². The van der Waals surface area contributed by atoms with Crippen LogP contribution in [0.3, 0.4) is 0 Å². The Morgan fingerprint density at radius 2 is 1.77 bits per heavy atom. The fourth-order valence-corrected chi connectivity index (χ4v) is 3.22. The van der Waals surface area contributed by atoms with Crippen LogP contribution < -0.4 is 10.2 Å². The molecule has 0 amide bonds. The highest BCUT2D eigenvalue weighted by Crippen LogP contribution is 2.20. The summed E-state index contributed by atoms with van der Waals surface area (Å²) in [5.41, 5.74) is 4.53. The Morgan fingerprint density at radius 1 is 1.14 bits per heavy atom. The van der Waals surface area contributed by atoms with Gasteiger partial charge in [-0.2, -0.15) is 0 Å². The van der Waals surface area contributed by atoms with E-state index >= 15 is 0 Å². The maximum absolute atomic E-state index is 5.89. The molecule has 4 heteroatoms. The van der Waals surface area contributed by atoms with Crippen molar-refractivity contribution in [2.75, 3.05) is 40.3 Å². The normalized spacial score (nSPS) is 23.0. The van der Waals surface area contributed by atoms with Gasteiger partial charge in [-0.25, -0.2) is 0 Å². The zero-order chi connectivity index (χ0) is 15.9. The van der Waals surface area contributed by atoms with Gasteiger partial charge in [0.25, 0.3) is 0 Å². The monoisotopic (exact) mass is 305 g/mol. The third-order valence-corrected chi connectivity index (χ3v) is 4.14. The predicted molar refractivity (Wildman–Crippen MR) is 91.8 cm³/mol. The summed E-state index contributed by atoms with van der Waals surface area (Å²) in [6, 6.07) is 8.37. The molecule has 124 valence electrons. The molecule has 0 aliphatic carbocycles. The number of nitrogens with one attached hydrogen (secondary N) is 1. The van der Waals surface area contributed by atoms with Crippen molar-refractivity contribution < 1.29 is 4.74 Å². The zero-order valence-electron chi connectivity index (χ0n) is 14.5. The van der Waals surface area contributed by atoms with Crippen molar-refractivity contribution in [2.24, 2.45) is 11.8 Å². The fraction of sp³-hybridized carbons (Fsp3) is 0.667. The van der Waals surface area contributed by atoms with Gasteiger partial charge in [0.2, 0.25) is 0 Å². The highest BCUT2D eigenvalue weighted by Gasteiger charge is 2.21. The Hall–Kier alpha value is -1.10. The van der Waals surface area contributed by atoms with Crippen molar-refractivity contribution in [1.29, 1.82) is 0 Å². The van der Waals surface area contributed by atoms with Crippen LogP contribution in [0.5, 0.6) is 5.75 Å². The van der Waals surface area contributed by atoms with Gasteiger partial charge >= 0.3 is 0 Å². The van der Waals surface area contributed by atoms with Crippen LogP contribution in [0, 0.1) is 11.8 Å². The third kappa shape index (κ3) is 5.95. The standard InChI is InChI=1S/C18H31N3O/c1-15-11-16(2)14-21(13-15)9-10-22-18-7-5-17(6-8-18)12-19-20(3)4/h5-8,15-16,19H,9-14H2,1-4H3/t15-,16-/m1/s1. The summed E-state index contributed by atoms with van der Waals surface area (Å²) in [6.45, 7) is 9.77. The molecule has 0 unspecified atom stereocenters. The Balaban J connectivity index is 1.70. The lowest BCUT2D eigenvalue weighted by atomic mass is 9.92. The lowest BCUT2D eigenvalue weighted by Crippen LogP contribution is -2.40. The van der Waals surface area contributed by atoms with Crippen LogP contribution in [0.4, 0.5) is 0 Å². The molecule has 0 saturated carbocycles. The van der Waals surface area contributed by atoms with E-state index < -0.39 is 0 Å². The van der Waals surface area contributed by atoms with Gasteiger partial charge in [0.05, 0.1) is 0 Å². The van der Waals surface area contributed by atoms with E-state index in [2.05, 4.69) is 48.4 Å². The van der Waals surface area contributed by atoms with Crippen molar-refractivity contribution in [3.63, 3.8) is 0 Å². The van der Waals surface area contributed by atoms with Gasteiger partial charge in [-0.05, 0) is 36.0 Å². The summed E-state index contributed by atoms with van der Waals surface area (Å²) in [5.74, 6) is 2.59. The summed E-state index contributed by atoms with van der Waals surface area (Å²) < 4.78 is 5.89. The average molecular weight is 305 g/mol. The predicted octanol–water partition coefficient (Wildman–Crippen LogP) is 2.61. The average Bonchev–Trinajstić information content (AvgIpc) is 2.45. The van der Waals surface area contributed by atoms with E-state index in [0.29, 0.717) is 0 Å². The molecule has 2 atom stereocenters. The second-order valence-electron chi connectivity index (χ2n) is 6.93. The molecule has 1 heterocycles. The van der Waals surface area contributed by atoms with Crippen LogP contribution in [0.25, 0.3) is 0 Å². The number of piperidine rings is 1. The van der Waals surface area contributed by atoms with Gasteiger partial charge in [-0.15, -0.1) is 0 Å². The molecular formula is C18H31N3O. The summed E-state index contributed by atoms with van der Waals surface area (Å²) in [6.07, 6.45) is 1.36. The first-order chi connectivity index (χ1) is 10.5. The summed E-state index contributed by atoms with van der Waals surface area (Å²) in [7, 11) is 4.00. The number of nitrogens with zero attached hydrogens (tertiary/aromatic N) is 2. The quantitative estimate of drug-likeness (QED) is 0.784. The van der Waals surface area contributed by atoms with Crippen LogP contribution in [0.15, 0.2) is 24.3 Å². The van der Waals surface area contributed by atoms with E-state index in [1.807, 2.05) is 19.1 Å². The molecule has 4 nitrogen and oxygen atoms in total. The number of hydrogen-bond donors (Lipinski definition) is 1. The minimum Gasteiger partial charge on any atom is -0.492 e. The highest BCUT2D eigenvalue weighted by molar-refractivity contribution is 5.27. The topological polar surface area (TPSA) is 27.7 Å². The lowest BCUT2D eigenvalue weighted by Gasteiger charge is -2.34. The van der Waals surface area contributed by atoms with E-state index in [4.69, 9.17) is 4.74 Å². The van der Waals surface area contributed by atoms with Gasteiger partial charge in [-0.1, -0.05) is 26.0 Å². The highest BCUT2D eigenvalue weighted by atomic mass is 16.5. The number of likely N-dealkylation sites (tertiary alicyclic amines) is 1. The van der Waals surface area contributed by atoms with Gasteiger partial charge < -0.3 is 4.74 Å². The maximum atomic E-state index is 5.89. The number of hydrazine groups is 1. The second-order valence-corrected chi connectivity index (χ2v) is 6.93. The van der Waals surface area contributed by atoms with Crippen molar-refractivity contribution in [3.8, 4) is 5.75 Å². The summed E-state index contributed by atoms with van der Waals surface area (Å²) >= 11 is 0. The first kappa shape index (κ1) is 17.3. The van der Waals surface area contributed by atoms with Gasteiger partial charge in [-0.3, -0.25) is 15.3 Å². The first-order valence-electron chi connectivity index (χ1n) is 8.38. The molecule has 1 fully saturated rings. The minimum absolute atomic E-state index is 0.773. The van der Waals surface area contributed by atoms with Crippen molar-refractivity contribution in [2.45, 2.75) is 26.8 Å². The summed E-state index contributed by atoms with van der Waals surface area (Å²) in [4.78, 5) is 2.54. The smallest absolute Gasteiger partial charge is 0.119 e. The van der Waals surface area contributed by atoms with Crippen molar-refractivity contribution in [1.82, 2.24) is 15.3 Å². The van der Waals surface area contributed by atoms with Crippen molar-refractivity contribution >= 4 is 0 Å². The van der Waals surface area contributed by atoms with E-state index in [0.717, 1.165) is 37.3 Å². The van der Waals surface area contributed by atoms with E-state index in [9.17, 15) is 0 Å². The van der Waals surface area contributed by atoms with Crippen LogP contribution in [-0.2, 0) is 6.54 Å². The molecule has 22 heavy (non-hydrogen) atoms. The molecule has 0 spiro atoms. The fourth-order valence-electron chi connectivity index (χ4n) is 3.22. The number of hydrogen-bond acceptors (Lipinski definition) is 4. The van der Waals surface area contributed by atoms with E-state index in [1.165, 1.54) is 25.1 Å². The van der Waals surface area contributed by atoms with Crippen molar-refractivity contribution in [3.05, 3.63) is 29.8 Å². The number of ether oxygens (including phenoxy) is 1. The Morgan fingerprint density at radius 3 is 2.36 bits per heavy atom. The molecule has 2 rings (SSSR count). The molecule has 1 saturated heterocycles. The molecule has 1 aromatic carbocycles. The van der Waals surface area contributed by atoms with E-state index in [1.54, 1.807) is 0 Å². The van der Waals surface area contributed by atoms with Crippen LogP contribution >= 0.6 is 0 Å². The SMILES string of the molecule is C[C@@H]1C[C@@H](C)CN(CCOc2ccc(CNN(C)C)cc2)C1. The molecule has 1 aliphatic rings. The van der Waals surface area contributed by atoms with E-state index in [-0.39, 0.29) is 0 Å². The van der Waals surface area contributed by atoms with Gasteiger partial charge in [0.15, 0.2) is 0 Å². The van der Waals surface area contributed by atoms with Gasteiger partial charge in [0.1, 0.15) is 12.4 Å². The van der Waals surface area contributed by atoms with Crippen LogP contribution in [0.2, 0.25) is 0 Å². The molecule has 0 bridgehead atoms. The third-order valence-electron chi connectivity index (χ3n) is 4.14. The minimum atomic E-state index is 0.773. The first-order valence-corrected chi connectivity index (χ1v) is 8.38.